The number of hydrogen-bond acceptors (Lipinski definition) is 8. The van der Waals surface area contributed by atoms with E-state index in [0.29, 0.717) is 15.7 Å². The van der Waals surface area contributed by atoms with E-state index in [2.05, 4.69) is 15.5 Å². The Morgan fingerprint density at radius 3 is 2.08 bits per heavy atom. The zero-order valence-electron chi connectivity index (χ0n) is 27.1. The Morgan fingerprint density at radius 2 is 1.51 bits per heavy atom. The highest BCUT2D eigenvalue weighted by Crippen LogP contribution is 2.44. The van der Waals surface area contributed by atoms with E-state index in [1.807, 2.05) is 69.7 Å². The Labute approximate surface area is 283 Å². The van der Waals surface area contributed by atoms with Crippen LogP contribution in [0.5, 0.6) is 5.75 Å². The number of fused-ring (bicyclic) bond motifs is 3. The molecule has 1 unspecified atom stereocenters. The largest absolute Gasteiger partial charge is 0.506 e. The van der Waals surface area contributed by atoms with Gasteiger partial charge in [-0.2, -0.15) is 5.11 Å². The molecule has 4 aromatic carbocycles. The first-order valence-electron chi connectivity index (χ1n) is 15.4. The summed E-state index contributed by atoms with van der Waals surface area (Å²) in [6.07, 6.45) is -0.975. The van der Waals surface area contributed by atoms with Crippen LogP contribution < -0.4 is 5.32 Å². The number of quaternary nitrogens is 1. The minimum atomic E-state index is -4.65. The average Bonchev–Trinajstić information content (AvgIpc) is 3.36. The van der Waals surface area contributed by atoms with Crippen molar-refractivity contribution in [2.45, 2.75) is 24.4 Å². The molecule has 0 radical (unpaired) electrons. The van der Waals surface area contributed by atoms with E-state index in [1.54, 1.807) is 24.3 Å². The number of nitrogens with one attached hydrogen (secondary N) is 1. The third-order valence-electron chi connectivity index (χ3n) is 8.30. The molecule has 5 rings (SSSR count). The number of likely N-dealkylation sites (N-methyl/N-ethyl adjacent to an activating group) is 1. The lowest BCUT2D eigenvalue weighted by Crippen LogP contribution is -2.42. The van der Waals surface area contributed by atoms with Crippen molar-refractivity contribution in [1.29, 1.82) is 0 Å². The minimum absolute atomic E-state index is 0.0358. The molecule has 0 spiro atoms. The molecule has 13 nitrogen and oxygen atoms in total. The van der Waals surface area contributed by atoms with Crippen molar-refractivity contribution in [3.63, 3.8) is 0 Å². The van der Waals surface area contributed by atoms with Gasteiger partial charge in [-0.25, -0.2) is 14.2 Å². The number of carbonyl (C=O) groups excluding carboxylic acids is 1. The zero-order valence-corrected chi connectivity index (χ0v) is 28.0. The Hall–Kier alpha value is -4.91. The maximum Gasteiger partial charge on any atom is 0.469 e. The number of aromatic hydroxyl groups is 1. The van der Waals surface area contributed by atoms with Gasteiger partial charge < -0.3 is 34.5 Å². The number of amides is 1. The van der Waals surface area contributed by atoms with E-state index in [0.717, 1.165) is 27.8 Å². The molecule has 0 heterocycles. The van der Waals surface area contributed by atoms with E-state index < -0.39 is 25.9 Å². The molecule has 0 aliphatic heterocycles. The lowest BCUT2D eigenvalue weighted by molar-refractivity contribution is -0.902. The lowest BCUT2D eigenvalue weighted by atomic mass is 9.98. The van der Waals surface area contributed by atoms with Gasteiger partial charge in [0.1, 0.15) is 36.7 Å². The van der Waals surface area contributed by atoms with Crippen molar-refractivity contribution in [2.24, 2.45) is 10.2 Å². The number of phenols is 1. The molecule has 0 saturated heterocycles. The molecule has 4 aromatic rings. The number of azo groups is 1. The van der Waals surface area contributed by atoms with Crippen LogP contribution >= 0.6 is 7.82 Å². The molecule has 0 aromatic heterocycles. The monoisotopic (exact) mass is 689 g/mol. The van der Waals surface area contributed by atoms with Crippen LogP contribution in [0.15, 0.2) is 101 Å². The minimum Gasteiger partial charge on any atom is -0.506 e. The van der Waals surface area contributed by atoms with Gasteiger partial charge in [-0.05, 0) is 52.1 Å². The van der Waals surface area contributed by atoms with Gasteiger partial charge in [0, 0.05) is 17.9 Å². The van der Waals surface area contributed by atoms with Crippen molar-refractivity contribution in [3.05, 3.63) is 113 Å². The zero-order chi connectivity index (χ0) is 35.3. The van der Waals surface area contributed by atoms with E-state index in [1.165, 1.54) is 18.2 Å². The maximum absolute atomic E-state index is 12.8. The van der Waals surface area contributed by atoms with E-state index >= 15 is 0 Å². The summed E-state index contributed by atoms with van der Waals surface area (Å²) in [6.45, 7) is -0.170. The summed E-state index contributed by atoms with van der Waals surface area (Å²) in [5, 5.41) is 31.0. The lowest BCUT2D eigenvalue weighted by Gasteiger charge is -2.34. The Morgan fingerprint density at radius 1 is 0.898 bits per heavy atom. The molecule has 1 aliphatic carbocycles. The molecule has 1 aliphatic rings. The van der Waals surface area contributed by atoms with E-state index in [9.17, 15) is 24.4 Å². The Bertz CT molecular complexity index is 1860. The summed E-state index contributed by atoms with van der Waals surface area (Å²) in [7, 11) is 0.975. The number of alkyl carbamates (subject to hydrolysis) is 1. The topological polar surface area (TPSA) is 187 Å². The van der Waals surface area contributed by atoms with Crippen LogP contribution in [0.4, 0.5) is 16.2 Å². The quantitative estimate of drug-likeness (QED) is 0.0619. The van der Waals surface area contributed by atoms with Gasteiger partial charge in [0.05, 0.1) is 26.8 Å². The first-order valence-corrected chi connectivity index (χ1v) is 16.9. The van der Waals surface area contributed by atoms with E-state index in [-0.39, 0.29) is 43.0 Å². The predicted molar refractivity (Wildman–Crippen MR) is 181 cm³/mol. The fourth-order valence-electron chi connectivity index (χ4n) is 5.80. The van der Waals surface area contributed by atoms with Gasteiger partial charge in [0.25, 0.3) is 0 Å². The van der Waals surface area contributed by atoms with Gasteiger partial charge in [-0.1, -0.05) is 66.7 Å². The molecule has 1 amide bonds. The van der Waals surface area contributed by atoms with Gasteiger partial charge >= 0.3 is 19.9 Å². The molecular weight excluding hydrogens is 651 g/mol. The fourth-order valence-corrected chi connectivity index (χ4v) is 6.14. The molecule has 0 fully saturated rings. The van der Waals surface area contributed by atoms with Crippen molar-refractivity contribution in [2.75, 3.05) is 34.4 Å². The third-order valence-corrected chi connectivity index (χ3v) is 8.79. The number of nitrogens with zero attached hydrogens (tertiary/aromatic N) is 3. The highest BCUT2D eigenvalue weighted by Gasteiger charge is 2.31. The molecule has 256 valence electrons. The molecule has 5 N–H and O–H groups in total. The second kappa shape index (κ2) is 14.7. The Balaban J connectivity index is 1.22. The van der Waals surface area contributed by atoms with Gasteiger partial charge in [-0.15, -0.1) is 5.11 Å². The van der Waals surface area contributed by atoms with Crippen LogP contribution in [0.25, 0.3) is 11.1 Å². The number of hydrogen-bond donors (Lipinski definition) is 5. The van der Waals surface area contributed by atoms with Crippen LogP contribution in [-0.2, 0) is 25.0 Å². The summed E-state index contributed by atoms with van der Waals surface area (Å²) in [4.78, 5) is 43.2. The van der Waals surface area contributed by atoms with Crippen molar-refractivity contribution in [3.8, 4) is 16.9 Å². The van der Waals surface area contributed by atoms with Crippen LogP contribution in [0.2, 0.25) is 0 Å². The smallest absolute Gasteiger partial charge is 0.469 e. The summed E-state index contributed by atoms with van der Waals surface area (Å²) in [6, 6.07) is 25.3. The summed E-state index contributed by atoms with van der Waals surface area (Å²) in [5.74, 6) is -1.62. The third kappa shape index (κ3) is 8.96. The first-order chi connectivity index (χ1) is 23.2. The van der Waals surface area contributed by atoms with Gasteiger partial charge in [0.15, 0.2) is 0 Å². The standard InChI is InChI=1S/C35H37N4O9P/c1-39(2,3)32(21-48-49(44,45)46)23-13-15-24(16-14-23)37-38-30-18-22(12-17-33(30)40)19-31(34(41)42)36-35(43)47-20-29-27-10-6-4-8-25(27)26-9-5-7-11-28(26)29/h4-18,29,31-32H,19-21H2,1-3H3,(H4-,36,37,40,41,42,43,44,45,46)/p+1/t31?,32-/m1/s1. The molecule has 49 heavy (non-hydrogen) atoms. The van der Waals surface area contributed by atoms with Crippen molar-refractivity contribution >= 4 is 31.3 Å². The highest BCUT2D eigenvalue weighted by molar-refractivity contribution is 7.46. The van der Waals surface area contributed by atoms with Crippen molar-refractivity contribution in [1.82, 2.24) is 5.32 Å². The number of benzene rings is 4. The van der Waals surface area contributed by atoms with Crippen LogP contribution in [0.3, 0.4) is 0 Å². The maximum atomic E-state index is 12.8. The van der Waals surface area contributed by atoms with Gasteiger partial charge in [-0.3, -0.25) is 4.52 Å². The second-order valence-corrected chi connectivity index (χ2v) is 13.8. The highest BCUT2D eigenvalue weighted by atomic mass is 31.2. The molecule has 14 heteroatoms. The van der Waals surface area contributed by atoms with E-state index in [4.69, 9.17) is 19.0 Å². The normalized spacial score (nSPS) is 14.2. The second-order valence-electron chi connectivity index (χ2n) is 12.6. The fraction of sp³-hybridized carbons (Fsp3) is 0.257. The number of rotatable bonds is 13. The van der Waals surface area contributed by atoms with Crippen LogP contribution in [-0.4, -0.2) is 76.9 Å². The number of phenolic OH excluding ortho intramolecular Hbond substituents is 1. The number of ether oxygens (including phenoxy) is 1. The number of phosphoric acid groups is 1. The average molecular weight is 690 g/mol. The molecule has 0 bridgehead atoms. The summed E-state index contributed by atoms with van der Waals surface area (Å²) in [5.41, 5.74) is 5.98. The Kier molecular flexibility index (Phi) is 10.6. The molecule has 0 saturated carbocycles. The first kappa shape index (κ1) is 35.4. The van der Waals surface area contributed by atoms with Crippen molar-refractivity contribution < 1.29 is 47.9 Å². The van der Waals surface area contributed by atoms with Crippen LogP contribution in [0.1, 0.15) is 34.2 Å². The predicted octanol–water partition coefficient (Wildman–Crippen LogP) is 6.20. The van der Waals surface area contributed by atoms with Gasteiger partial charge in [0.2, 0.25) is 0 Å². The number of carboxylic acid groups (broad SMARTS) is 1. The number of carboxylic acids is 1. The summed E-state index contributed by atoms with van der Waals surface area (Å²) >= 11 is 0. The number of carbonyl (C=O) groups is 2. The SMILES string of the molecule is C[N+](C)(C)[C@H](COP(=O)(O)O)c1ccc(N=Nc2cc(CC(NC(=O)OCC3c4ccccc4-c4ccccc43)C(=O)O)ccc2O)cc1. The molecular formula is C35H38N4O9P+. The number of phosphoric ester groups is 1. The van der Waals surface area contributed by atoms with Crippen LogP contribution in [0, 0.1) is 0 Å². The molecule has 2 atom stereocenters. The summed E-state index contributed by atoms with van der Waals surface area (Å²) < 4.78 is 21.9. The number of aliphatic carboxylic acids is 1.